The number of aromatic nitrogens is 3. The lowest BCUT2D eigenvalue weighted by Gasteiger charge is -2.25. The van der Waals surface area contributed by atoms with Crippen LogP contribution in [0, 0.1) is 18.6 Å². The SMILES string of the molecule is CN=C(NCCOc1ccc(F)c(F)c1)NC1CCCn2nc(C)nc21.I. The van der Waals surface area contributed by atoms with Gasteiger partial charge in [-0.2, -0.15) is 5.10 Å². The van der Waals surface area contributed by atoms with Crippen molar-refractivity contribution in [2.45, 2.75) is 32.4 Å². The Morgan fingerprint density at radius 3 is 2.93 bits per heavy atom. The molecule has 0 spiro atoms. The fraction of sp³-hybridized carbons (Fsp3) is 0.471. The van der Waals surface area contributed by atoms with Crippen LogP contribution in [0.1, 0.15) is 30.5 Å². The molecule has 27 heavy (non-hydrogen) atoms. The maximum Gasteiger partial charge on any atom is 0.191 e. The van der Waals surface area contributed by atoms with Gasteiger partial charge in [-0.15, -0.1) is 24.0 Å². The molecule has 3 rings (SSSR count). The molecule has 1 aliphatic heterocycles. The molecule has 0 aliphatic carbocycles. The number of hydrogen-bond donors (Lipinski definition) is 2. The Balaban J connectivity index is 0.00000261. The van der Waals surface area contributed by atoms with Crippen LogP contribution in [0.5, 0.6) is 5.75 Å². The van der Waals surface area contributed by atoms with Crippen LogP contribution >= 0.6 is 24.0 Å². The highest BCUT2D eigenvalue weighted by Gasteiger charge is 2.24. The van der Waals surface area contributed by atoms with Crippen molar-refractivity contribution in [3.05, 3.63) is 41.5 Å². The molecule has 0 fully saturated rings. The second kappa shape index (κ2) is 9.81. The van der Waals surface area contributed by atoms with Gasteiger partial charge in [-0.25, -0.2) is 18.4 Å². The Labute approximate surface area is 173 Å². The van der Waals surface area contributed by atoms with Gasteiger partial charge < -0.3 is 15.4 Å². The lowest BCUT2D eigenvalue weighted by Crippen LogP contribution is -2.42. The van der Waals surface area contributed by atoms with Crippen molar-refractivity contribution in [3.8, 4) is 5.75 Å². The van der Waals surface area contributed by atoms with E-state index in [4.69, 9.17) is 4.74 Å². The average Bonchev–Trinajstić information content (AvgIpc) is 3.01. The summed E-state index contributed by atoms with van der Waals surface area (Å²) in [5.41, 5.74) is 0. The quantitative estimate of drug-likeness (QED) is 0.291. The smallest absolute Gasteiger partial charge is 0.191 e. The maximum absolute atomic E-state index is 13.1. The van der Waals surface area contributed by atoms with E-state index >= 15 is 0 Å². The summed E-state index contributed by atoms with van der Waals surface area (Å²) in [5.74, 6) is 0.758. The van der Waals surface area contributed by atoms with Crippen LogP contribution in [-0.2, 0) is 6.54 Å². The maximum atomic E-state index is 13.1. The number of nitrogens with one attached hydrogen (secondary N) is 2. The van der Waals surface area contributed by atoms with Gasteiger partial charge in [0.05, 0.1) is 12.6 Å². The van der Waals surface area contributed by atoms with Crippen molar-refractivity contribution in [2.75, 3.05) is 20.2 Å². The zero-order valence-corrected chi connectivity index (χ0v) is 17.5. The number of hydrogen-bond acceptors (Lipinski definition) is 4. The summed E-state index contributed by atoms with van der Waals surface area (Å²) in [6.45, 7) is 3.50. The van der Waals surface area contributed by atoms with Gasteiger partial charge in [0.1, 0.15) is 24.0 Å². The lowest BCUT2D eigenvalue weighted by atomic mass is 10.1. The summed E-state index contributed by atoms with van der Waals surface area (Å²) in [6, 6.07) is 3.51. The Kier molecular flexibility index (Phi) is 7.75. The first kappa shape index (κ1) is 21.3. The Morgan fingerprint density at radius 2 is 2.19 bits per heavy atom. The Bertz CT molecular complexity index is 798. The zero-order valence-electron chi connectivity index (χ0n) is 15.2. The predicted molar refractivity (Wildman–Crippen MR) is 108 cm³/mol. The fourth-order valence-corrected chi connectivity index (χ4v) is 2.87. The van der Waals surface area contributed by atoms with Gasteiger partial charge in [-0.3, -0.25) is 4.99 Å². The molecule has 0 amide bonds. The summed E-state index contributed by atoms with van der Waals surface area (Å²) >= 11 is 0. The first-order valence-corrected chi connectivity index (χ1v) is 8.53. The van der Waals surface area contributed by atoms with Gasteiger partial charge in [-0.1, -0.05) is 0 Å². The first-order valence-electron chi connectivity index (χ1n) is 8.53. The highest BCUT2D eigenvalue weighted by Crippen LogP contribution is 2.22. The van der Waals surface area contributed by atoms with E-state index in [1.807, 2.05) is 11.6 Å². The Morgan fingerprint density at radius 1 is 1.37 bits per heavy atom. The number of nitrogens with zero attached hydrogens (tertiary/aromatic N) is 4. The minimum Gasteiger partial charge on any atom is -0.492 e. The molecule has 7 nitrogen and oxygen atoms in total. The van der Waals surface area contributed by atoms with Crippen molar-refractivity contribution in [1.82, 2.24) is 25.4 Å². The summed E-state index contributed by atoms with van der Waals surface area (Å²) in [7, 11) is 1.68. The second-order valence-corrected chi connectivity index (χ2v) is 6.00. The van der Waals surface area contributed by atoms with Gasteiger partial charge >= 0.3 is 0 Å². The van der Waals surface area contributed by atoms with Crippen molar-refractivity contribution in [2.24, 2.45) is 4.99 Å². The normalized spacial score (nSPS) is 16.3. The van der Waals surface area contributed by atoms with E-state index in [1.54, 1.807) is 7.05 Å². The van der Waals surface area contributed by atoms with Crippen LogP contribution in [0.25, 0.3) is 0 Å². The molecule has 1 atom stereocenters. The van der Waals surface area contributed by atoms with E-state index in [-0.39, 0.29) is 42.4 Å². The molecule has 2 N–H and O–H groups in total. The summed E-state index contributed by atoms with van der Waals surface area (Å²) < 4.78 is 33.4. The predicted octanol–water partition coefficient (Wildman–Crippen LogP) is 2.56. The third kappa shape index (κ3) is 5.50. The second-order valence-electron chi connectivity index (χ2n) is 6.00. The van der Waals surface area contributed by atoms with E-state index in [0.717, 1.165) is 43.2 Å². The molecule has 148 valence electrons. The number of ether oxygens (including phenoxy) is 1. The molecule has 1 aliphatic rings. The summed E-state index contributed by atoms with van der Waals surface area (Å²) in [6.07, 6.45) is 1.97. The zero-order chi connectivity index (χ0) is 18.5. The highest BCUT2D eigenvalue weighted by molar-refractivity contribution is 14.0. The molecule has 0 bridgehead atoms. The van der Waals surface area contributed by atoms with Crippen molar-refractivity contribution in [3.63, 3.8) is 0 Å². The van der Waals surface area contributed by atoms with Gasteiger partial charge in [0.25, 0.3) is 0 Å². The van der Waals surface area contributed by atoms with Crippen molar-refractivity contribution >= 4 is 29.9 Å². The number of benzene rings is 1. The average molecular weight is 492 g/mol. The molecule has 1 aromatic heterocycles. The topological polar surface area (TPSA) is 76.4 Å². The molecule has 0 saturated carbocycles. The third-order valence-corrected chi connectivity index (χ3v) is 4.07. The number of aryl methyl sites for hydroxylation is 2. The van der Waals surface area contributed by atoms with Gasteiger partial charge in [0.2, 0.25) is 0 Å². The van der Waals surface area contributed by atoms with Crippen molar-refractivity contribution in [1.29, 1.82) is 0 Å². The molecule has 0 radical (unpaired) electrons. The minimum absolute atomic E-state index is 0. The van der Waals surface area contributed by atoms with E-state index in [1.165, 1.54) is 6.07 Å². The van der Waals surface area contributed by atoms with Crippen LogP contribution in [0.4, 0.5) is 8.78 Å². The molecular formula is C17H23F2IN6O. The van der Waals surface area contributed by atoms with Crippen LogP contribution in [-0.4, -0.2) is 40.9 Å². The highest BCUT2D eigenvalue weighted by atomic mass is 127. The Hall–Kier alpha value is -1.98. The number of rotatable bonds is 5. The summed E-state index contributed by atoms with van der Waals surface area (Å²) in [5, 5.41) is 10.9. The van der Waals surface area contributed by atoms with Crippen LogP contribution in [0.2, 0.25) is 0 Å². The number of aliphatic imine (C=N–C) groups is 1. The number of halogens is 3. The molecule has 1 unspecified atom stereocenters. The van der Waals surface area contributed by atoms with Gasteiger partial charge in [0.15, 0.2) is 17.6 Å². The molecule has 0 saturated heterocycles. The molecule has 2 aromatic rings. The standard InChI is InChI=1S/C17H22F2N6O.HI/c1-11-22-16-15(4-3-8-25(16)24-11)23-17(20-2)21-7-9-26-12-5-6-13(18)14(19)10-12;/h5-6,10,15H,3-4,7-9H2,1-2H3,(H2,20,21,23);1H. The number of guanidine groups is 1. The van der Waals surface area contributed by atoms with Gasteiger partial charge in [0, 0.05) is 19.7 Å². The van der Waals surface area contributed by atoms with Gasteiger partial charge in [-0.05, 0) is 31.9 Å². The third-order valence-electron chi connectivity index (χ3n) is 4.07. The monoisotopic (exact) mass is 492 g/mol. The van der Waals surface area contributed by atoms with Crippen LogP contribution < -0.4 is 15.4 Å². The molecule has 1 aromatic carbocycles. The molecule has 10 heteroatoms. The minimum atomic E-state index is -0.926. The van der Waals surface area contributed by atoms with E-state index < -0.39 is 11.6 Å². The first-order chi connectivity index (χ1) is 12.6. The largest absolute Gasteiger partial charge is 0.492 e. The van der Waals surface area contributed by atoms with Crippen LogP contribution in [0.15, 0.2) is 23.2 Å². The fourth-order valence-electron chi connectivity index (χ4n) is 2.87. The van der Waals surface area contributed by atoms with Crippen molar-refractivity contribution < 1.29 is 13.5 Å². The number of fused-ring (bicyclic) bond motifs is 1. The van der Waals surface area contributed by atoms with E-state index in [9.17, 15) is 8.78 Å². The van der Waals surface area contributed by atoms with Crippen LogP contribution in [0.3, 0.4) is 0 Å². The summed E-state index contributed by atoms with van der Waals surface area (Å²) in [4.78, 5) is 8.69. The van der Waals surface area contributed by atoms with E-state index in [0.29, 0.717) is 12.5 Å². The lowest BCUT2D eigenvalue weighted by molar-refractivity contribution is 0.318. The molecule has 2 heterocycles. The van der Waals surface area contributed by atoms with E-state index in [2.05, 4.69) is 25.7 Å². The molecular weight excluding hydrogens is 469 g/mol.